The van der Waals surface area contributed by atoms with Crippen molar-refractivity contribution < 1.29 is 19.1 Å². The Morgan fingerprint density at radius 1 is 0.974 bits per heavy atom. The first-order valence-corrected chi connectivity index (χ1v) is 13.5. The molecule has 6 nitrogen and oxygen atoms in total. The summed E-state index contributed by atoms with van der Waals surface area (Å²) in [4.78, 5) is 30.3. The van der Waals surface area contributed by atoms with Crippen molar-refractivity contribution in [3.63, 3.8) is 0 Å². The summed E-state index contributed by atoms with van der Waals surface area (Å²) >= 11 is 6.32. The molecule has 0 unspecified atom stereocenters. The number of carbonyl (C=O) groups excluding carboxylic acids is 2. The molecule has 2 amide bonds. The van der Waals surface area contributed by atoms with Crippen molar-refractivity contribution in [2.75, 3.05) is 19.5 Å². The van der Waals surface area contributed by atoms with E-state index in [2.05, 4.69) is 5.32 Å². The molecule has 1 aliphatic heterocycles. The number of rotatable bonds is 6. The van der Waals surface area contributed by atoms with Crippen LogP contribution in [0.1, 0.15) is 71.1 Å². The normalized spacial score (nSPS) is 19.6. The third-order valence-corrected chi connectivity index (χ3v) is 8.23. The first-order valence-electron chi connectivity index (χ1n) is 13.1. The highest BCUT2D eigenvalue weighted by Crippen LogP contribution is 2.46. The van der Waals surface area contributed by atoms with Gasteiger partial charge in [0.2, 0.25) is 5.91 Å². The molecule has 1 aliphatic carbocycles. The van der Waals surface area contributed by atoms with Gasteiger partial charge in [0.15, 0.2) is 0 Å². The number of hydrogen-bond acceptors (Lipinski definition) is 4. The van der Waals surface area contributed by atoms with Crippen LogP contribution in [0.3, 0.4) is 0 Å². The van der Waals surface area contributed by atoms with E-state index >= 15 is 0 Å². The van der Waals surface area contributed by atoms with Crippen LogP contribution in [0.5, 0.6) is 11.5 Å². The molecule has 0 spiro atoms. The van der Waals surface area contributed by atoms with Gasteiger partial charge in [0, 0.05) is 22.7 Å². The fraction of sp³-hybridized carbons (Fsp3) is 0.355. The highest BCUT2D eigenvalue weighted by molar-refractivity contribution is 6.31. The molecule has 5 rings (SSSR count). The summed E-state index contributed by atoms with van der Waals surface area (Å²) in [5.74, 6) is 0.367. The Labute approximate surface area is 228 Å². The maximum absolute atomic E-state index is 14.3. The third kappa shape index (κ3) is 4.85. The van der Waals surface area contributed by atoms with Gasteiger partial charge in [-0.05, 0) is 60.7 Å². The van der Waals surface area contributed by atoms with Crippen molar-refractivity contribution in [3.8, 4) is 11.5 Å². The van der Waals surface area contributed by atoms with E-state index in [1.807, 2.05) is 66.4 Å². The van der Waals surface area contributed by atoms with Crippen LogP contribution in [0.25, 0.3) is 0 Å². The van der Waals surface area contributed by atoms with E-state index in [0.29, 0.717) is 22.0 Å². The number of methoxy groups -OCH3 is 2. The molecule has 1 saturated carbocycles. The molecule has 0 bridgehead atoms. The first-order chi connectivity index (χ1) is 18.4. The van der Waals surface area contributed by atoms with Crippen LogP contribution in [0, 0.1) is 6.92 Å². The van der Waals surface area contributed by atoms with Crippen molar-refractivity contribution in [2.24, 2.45) is 0 Å². The van der Waals surface area contributed by atoms with Gasteiger partial charge in [0.1, 0.15) is 11.5 Å². The summed E-state index contributed by atoms with van der Waals surface area (Å²) in [5.41, 5.74) is 3.59. The van der Waals surface area contributed by atoms with Gasteiger partial charge in [0.05, 0.1) is 31.9 Å². The maximum Gasteiger partial charge on any atom is 0.254 e. The number of aryl methyl sites for hydroxylation is 1. The second kappa shape index (κ2) is 11.1. The molecule has 1 fully saturated rings. The molecule has 1 heterocycles. The predicted octanol–water partition coefficient (Wildman–Crippen LogP) is 6.92. The van der Waals surface area contributed by atoms with Crippen molar-refractivity contribution >= 4 is 29.1 Å². The number of ether oxygens (including phenoxy) is 2. The van der Waals surface area contributed by atoms with Gasteiger partial charge in [-0.2, -0.15) is 0 Å². The van der Waals surface area contributed by atoms with E-state index in [1.54, 1.807) is 20.3 Å². The average Bonchev–Trinajstić information content (AvgIpc) is 2.95. The fourth-order valence-corrected chi connectivity index (χ4v) is 6.04. The van der Waals surface area contributed by atoms with Crippen LogP contribution in [0.4, 0.5) is 5.69 Å². The van der Waals surface area contributed by atoms with Crippen LogP contribution in [-0.2, 0) is 4.79 Å². The standard InChI is InChI=1S/C31H33ClN2O4/c1-19-17-26(27(38-3)18-25(19)32)33-30(35)28-23-11-7-8-12-24(23)31(36)34(21-9-5-4-6-10-21)29(28)20-13-15-22(37-2)16-14-20/h7-8,11-18,21,28-29H,4-6,9-10H2,1-3H3,(H,33,35)/t28-,29+/m0/s1. The Morgan fingerprint density at radius 3 is 2.37 bits per heavy atom. The number of fused-ring (bicyclic) bond motifs is 1. The second-order valence-electron chi connectivity index (χ2n) is 10.1. The lowest BCUT2D eigenvalue weighted by atomic mass is 9.77. The van der Waals surface area contributed by atoms with Gasteiger partial charge in [-0.1, -0.05) is 61.2 Å². The minimum Gasteiger partial charge on any atom is -0.497 e. The molecule has 3 aromatic carbocycles. The summed E-state index contributed by atoms with van der Waals surface area (Å²) in [6.07, 6.45) is 5.17. The largest absolute Gasteiger partial charge is 0.497 e. The van der Waals surface area contributed by atoms with E-state index in [4.69, 9.17) is 21.1 Å². The summed E-state index contributed by atoms with van der Waals surface area (Å²) in [7, 11) is 3.18. The molecule has 7 heteroatoms. The maximum atomic E-state index is 14.3. The quantitative estimate of drug-likeness (QED) is 0.374. The molecule has 2 aliphatic rings. The molecule has 0 radical (unpaired) electrons. The van der Waals surface area contributed by atoms with E-state index in [1.165, 1.54) is 6.42 Å². The zero-order chi connectivity index (χ0) is 26.8. The van der Waals surface area contributed by atoms with Crippen molar-refractivity contribution in [2.45, 2.75) is 57.0 Å². The molecule has 3 aromatic rings. The summed E-state index contributed by atoms with van der Waals surface area (Å²) < 4.78 is 10.9. The lowest BCUT2D eigenvalue weighted by molar-refractivity contribution is -0.119. The van der Waals surface area contributed by atoms with Crippen molar-refractivity contribution in [1.82, 2.24) is 4.90 Å². The van der Waals surface area contributed by atoms with E-state index in [9.17, 15) is 9.59 Å². The molecule has 2 atom stereocenters. The third-order valence-electron chi connectivity index (χ3n) is 7.82. The van der Waals surface area contributed by atoms with Gasteiger partial charge < -0.3 is 19.7 Å². The van der Waals surface area contributed by atoms with Crippen molar-refractivity contribution in [1.29, 1.82) is 0 Å². The van der Waals surface area contributed by atoms with Gasteiger partial charge >= 0.3 is 0 Å². The average molecular weight is 533 g/mol. The molecule has 0 saturated heterocycles. The van der Waals surface area contributed by atoms with E-state index in [-0.39, 0.29) is 17.9 Å². The van der Waals surface area contributed by atoms with Crippen molar-refractivity contribution in [3.05, 3.63) is 87.9 Å². The van der Waals surface area contributed by atoms with Gasteiger partial charge in [-0.3, -0.25) is 9.59 Å². The number of nitrogens with one attached hydrogen (secondary N) is 1. The zero-order valence-electron chi connectivity index (χ0n) is 22.0. The number of carbonyl (C=O) groups is 2. The predicted molar refractivity (Wildman–Crippen MR) is 149 cm³/mol. The Balaban J connectivity index is 1.64. The van der Waals surface area contributed by atoms with Crippen LogP contribution >= 0.6 is 11.6 Å². The van der Waals surface area contributed by atoms with E-state index < -0.39 is 12.0 Å². The number of hydrogen-bond donors (Lipinski definition) is 1. The van der Waals surface area contributed by atoms with Crippen LogP contribution in [-0.4, -0.2) is 37.0 Å². The van der Waals surface area contributed by atoms with Gasteiger partial charge in [-0.15, -0.1) is 0 Å². The number of halogens is 1. The lowest BCUT2D eigenvalue weighted by Crippen LogP contribution is -2.51. The SMILES string of the molecule is COc1ccc([C@@H]2[C@@H](C(=O)Nc3cc(C)c(Cl)cc3OC)c3ccccc3C(=O)N2C2CCCCC2)cc1. The highest BCUT2D eigenvalue weighted by atomic mass is 35.5. The smallest absolute Gasteiger partial charge is 0.254 e. The number of amides is 2. The Kier molecular flexibility index (Phi) is 7.61. The highest BCUT2D eigenvalue weighted by Gasteiger charge is 2.46. The molecule has 1 N–H and O–H groups in total. The molecule has 38 heavy (non-hydrogen) atoms. The molecular weight excluding hydrogens is 500 g/mol. The molecule has 0 aromatic heterocycles. The lowest BCUT2D eigenvalue weighted by Gasteiger charge is -2.46. The Hall–Kier alpha value is -3.51. The van der Waals surface area contributed by atoms with Crippen LogP contribution in [0.2, 0.25) is 5.02 Å². The Morgan fingerprint density at radius 2 is 1.68 bits per heavy atom. The minimum atomic E-state index is -0.625. The molecular formula is C31H33ClN2O4. The summed E-state index contributed by atoms with van der Waals surface area (Å²) in [6.45, 7) is 1.89. The Bertz CT molecular complexity index is 1330. The summed E-state index contributed by atoms with van der Waals surface area (Å²) in [6, 6.07) is 18.3. The topological polar surface area (TPSA) is 67.9 Å². The minimum absolute atomic E-state index is 0.0164. The van der Waals surface area contributed by atoms with E-state index in [0.717, 1.165) is 48.1 Å². The number of anilines is 1. The fourth-order valence-electron chi connectivity index (χ4n) is 5.89. The summed E-state index contributed by atoms with van der Waals surface area (Å²) in [5, 5.41) is 3.68. The number of benzene rings is 3. The van der Waals surface area contributed by atoms with Crippen LogP contribution in [0.15, 0.2) is 60.7 Å². The van der Waals surface area contributed by atoms with Gasteiger partial charge in [-0.25, -0.2) is 0 Å². The monoisotopic (exact) mass is 532 g/mol. The zero-order valence-corrected chi connectivity index (χ0v) is 22.8. The number of nitrogens with zero attached hydrogens (tertiary/aromatic N) is 1. The second-order valence-corrected chi connectivity index (χ2v) is 10.5. The first kappa shape index (κ1) is 26.1. The molecule has 198 valence electrons. The van der Waals surface area contributed by atoms with Crippen LogP contribution < -0.4 is 14.8 Å². The van der Waals surface area contributed by atoms with Gasteiger partial charge in [0.25, 0.3) is 5.91 Å².